The number of methoxy groups -OCH3 is 2. The van der Waals surface area contributed by atoms with Gasteiger partial charge in [0.25, 0.3) is 0 Å². The molecule has 0 atom stereocenters. The maximum absolute atomic E-state index is 8.91. The van der Waals surface area contributed by atoms with Gasteiger partial charge in [0.2, 0.25) is 5.75 Å². The summed E-state index contributed by atoms with van der Waals surface area (Å²) < 4.78 is 18.2. The van der Waals surface area contributed by atoms with Gasteiger partial charge in [-0.3, -0.25) is 0 Å². The molecule has 0 spiro atoms. The maximum atomic E-state index is 8.91. The van der Waals surface area contributed by atoms with E-state index in [1.807, 2.05) is 25.1 Å². The third-order valence-electron chi connectivity index (χ3n) is 3.77. The van der Waals surface area contributed by atoms with Crippen LogP contribution in [-0.2, 0) is 13.0 Å². The molecular weight excluding hydrogens is 348 g/mol. The van der Waals surface area contributed by atoms with Gasteiger partial charge >= 0.3 is 0 Å². The topological polar surface area (TPSA) is 108 Å². The zero-order chi connectivity index (χ0) is 19.2. The minimum Gasteiger partial charge on any atom is -0.493 e. The molecule has 1 aromatic carbocycles. The Morgan fingerprint density at radius 3 is 2.52 bits per heavy atom. The number of hydrogen-bond acceptors (Lipinski definition) is 8. The number of nitrogens with zero attached hydrogens (tertiary/aromatic N) is 6. The summed E-state index contributed by atoms with van der Waals surface area (Å²) in [6.45, 7) is 1.97. The Balaban J connectivity index is 1.88. The van der Waals surface area contributed by atoms with Crippen LogP contribution in [0.15, 0.2) is 30.3 Å². The predicted octanol–water partition coefficient (Wildman–Crippen LogP) is 2.03. The minimum absolute atomic E-state index is 0.0763. The molecule has 0 unspecified atom stereocenters. The molecule has 9 heteroatoms. The summed E-state index contributed by atoms with van der Waals surface area (Å²) in [5.41, 5.74) is 1.62. The molecule has 0 aliphatic carbocycles. The van der Waals surface area contributed by atoms with Crippen molar-refractivity contribution < 1.29 is 14.2 Å². The number of rotatable bonds is 7. The smallest absolute Gasteiger partial charge is 0.204 e. The Kier molecular flexibility index (Phi) is 5.47. The van der Waals surface area contributed by atoms with Crippen molar-refractivity contribution >= 4 is 0 Å². The van der Waals surface area contributed by atoms with Crippen LogP contribution in [0.3, 0.4) is 0 Å². The van der Waals surface area contributed by atoms with Gasteiger partial charge in [0, 0.05) is 5.69 Å². The fraction of sp³-hybridized carbons (Fsp3) is 0.278. The molecule has 0 fully saturated rings. The van der Waals surface area contributed by atoms with Gasteiger partial charge in [-0.2, -0.15) is 9.94 Å². The van der Waals surface area contributed by atoms with Crippen molar-refractivity contribution in [1.29, 1.82) is 5.26 Å². The monoisotopic (exact) mass is 366 g/mol. The first-order chi connectivity index (χ1) is 13.2. The predicted molar refractivity (Wildman–Crippen MR) is 94.9 cm³/mol. The Morgan fingerprint density at radius 2 is 1.89 bits per heavy atom. The second kappa shape index (κ2) is 8.14. The summed E-state index contributed by atoms with van der Waals surface area (Å²) in [5, 5.41) is 20.6. The van der Waals surface area contributed by atoms with Crippen LogP contribution in [0, 0.1) is 18.3 Å². The van der Waals surface area contributed by atoms with E-state index in [0.717, 1.165) is 11.3 Å². The summed E-state index contributed by atoms with van der Waals surface area (Å²) in [7, 11) is 3.05. The van der Waals surface area contributed by atoms with Crippen LogP contribution in [0.25, 0.3) is 5.82 Å². The number of tetrazole rings is 1. The van der Waals surface area contributed by atoms with Crippen LogP contribution in [0.2, 0.25) is 0 Å². The van der Waals surface area contributed by atoms with Crippen molar-refractivity contribution in [1.82, 2.24) is 25.2 Å². The Morgan fingerprint density at radius 1 is 1.15 bits per heavy atom. The van der Waals surface area contributed by atoms with E-state index in [2.05, 4.69) is 26.6 Å². The van der Waals surface area contributed by atoms with Gasteiger partial charge in [0.1, 0.15) is 0 Å². The average Bonchev–Trinajstić information content (AvgIpc) is 3.15. The van der Waals surface area contributed by atoms with E-state index in [0.29, 0.717) is 28.9 Å². The molecule has 0 saturated carbocycles. The van der Waals surface area contributed by atoms with Gasteiger partial charge in [-0.05, 0) is 47.2 Å². The molecule has 27 heavy (non-hydrogen) atoms. The Bertz CT molecular complexity index is 954. The molecule has 0 amide bonds. The fourth-order valence-corrected chi connectivity index (χ4v) is 2.53. The third kappa shape index (κ3) is 3.95. The van der Waals surface area contributed by atoms with Crippen LogP contribution in [0.1, 0.15) is 17.1 Å². The molecule has 0 bridgehead atoms. The molecule has 0 aliphatic rings. The quantitative estimate of drug-likeness (QED) is 0.625. The zero-order valence-electron chi connectivity index (χ0n) is 15.2. The van der Waals surface area contributed by atoms with Crippen LogP contribution in [0.5, 0.6) is 17.2 Å². The van der Waals surface area contributed by atoms with E-state index in [4.69, 9.17) is 19.5 Å². The van der Waals surface area contributed by atoms with E-state index in [9.17, 15) is 0 Å². The highest BCUT2D eigenvalue weighted by molar-refractivity contribution is 5.54. The SMILES string of the molecule is COc1cc(CC#N)cc(OC)c1OCc1nnnn1-c1cccc(C)n1. The second-order valence-electron chi connectivity index (χ2n) is 5.60. The molecule has 138 valence electrons. The highest BCUT2D eigenvalue weighted by atomic mass is 16.5. The molecular formula is C18H18N6O3. The highest BCUT2D eigenvalue weighted by Gasteiger charge is 2.17. The molecule has 0 saturated heterocycles. The van der Waals surface area contributed by atoms with Crippen LogP contribution >= 0.6 is 0 Å². The minimum atomic E-state index is 0.0763. The summed E-state index contributed by atoms with van der Waals surface area (Å²) >= 11 is 0. The molecule has 3 rings (SSSR count). The number of ether oxygens (including phenoxy) is 3. The lowest BCUT2D eigenvalue weighted by Gasteiger charge is -2.15. The number of aryl methyl sites for hydroxylation is 1. The van der Waals surface area contributed by atoms with E-state index < -0.39 is 0 Å². The number of hydrogen-bond donors (Lipinski definition) is 0. The van der Waals surface area contributed by atoms with Crippen LogP contribution in [-0.4, -0.2) is 39.4 Å². The van der Waals surface area contributed by atoms with Crippen molar-refractivity contribution in [2.24, 2.45) is 0 Å². The second-order valence-corrected chi connectivity index (χ2v) is 5.60. The van der Waals surface area contributed by atoms with Gasteiger partial charge in [-0.15, -0.1) is 5.10 Å². The molecule has 0 N–H and O–H groups in total. The van der Waals surface area contributed by atoms with Crippen LogP contribution in [0.4, 0.5) is 0 Å². The van der Waals surface area contributed by atoms with Gasteiger partial charge < -0.3 is 14.2 Å². The first kappa shape index (κ1) is 18.1. The van der Waals surface area contributed by atoms with Crippen molar-refractivity contribution in [3.8, 4) is 29.1 Å². The van der Waals surface area contributed by atoms with E-state index in [1.54, 1.807) is 12.1 Å². The number of aromatic nitrogens is 5. The molecule has 3 aromatic rings. The van der Waals surface area contributed by atoms with Crippen molar-refractivity contribution in [3.05, 3.63) is 47.4 Å². The maximum Gasteiger partial charge on any atom is 0.204 e. The van der Waals surface area contributed by atoms with Gasteiger partial charge in [-0.1, -0.05) is 6.07 Å². The highest BCUT2D eigenvalue weighted by Crippen LogP contribution is 2.39. The molecule has 0 radical (unpaired) electrons. The first-order valence-corrected chi connectivity index (χ1v) is 8.12. The first-order valence-electron chi connectivity index (χ1n) is 8.12. The summed E-state index contributed by atoms with van der Waals surface area (Å²) in [6.07, 6.45) is 0.240. The van der Waals surface area contributed by atoms with Gasteiger partial charge in [-0.25, -0.2) is 4.98 Å². The molecule has 9 nitrogen and oxygen atoms in total. The van der Waals surface area contributed by atoms with Crippen molar-refractivity contribution in [2.75, 3.05) is 14.2 Å². The molecule has 2 aromatic heterocycles. The molecule has 0 aliphatic heterocycles. The van der Waals surface area contributed by atoms with E-state index in [1.165, 1.54) is 18.9 Å². The standard InChI is InChI=1S/C18H18N6O3/c1-12-5-4-6-16(20-12)24-17(21-22-23-24)11-27-18-14(25-2)9-13(7-8-19)10-15(18)26-3/h4-6,9-10H,7,11H2,1-3H3. The fourth-order valence-electron chi connectivity index (χ4n) is 2.53. The van der Waals surface area contributed by atoms with Crippen molar-refractivity contribution in [3.63, 3.8) is 0 Å². The van der Waals surface area contributed by atoms with Gasteiger partial charge in [0.05, 0.1) is 26.7 Å². The normalized spacial score (nSPS) is 10.3. The lowest BCUT2D eigenvalue weighted by Crippen LogP contribution is -2.09. The van der Waals surface area contributed by atoms with Crippen LogP contribution < -0.4 is 14.2 Å². The van der Waals surface area contributed by atoms with E-state index >= 15 is 0 Å². The summed E-state index contributed by atoms with van der Waals surface area (Å²) in [4.78, 5) is 4.42. The largest absolute Gasteiger partial charge is 0.493 e. The number of pyridine rings is 1. The lowest BCUT2D eigenvalue weighted by atomic mass is 10.1. The Labute approximate surface area is 156 Å². The van der Waals surface area contributed by atoms with Gasteiger partial charge in [0.15, 0.2) is 29.7 Å². The summed E-state index contributed by atoms with van der Waals surface area (Å²) in [5.74, 6) is 2.41. The Hall–Kier alpha value is -3.67. The molecule has 2 heterocycles. The van der Waals surface area contributed by atoms with E-state index in [-0.39, 0.29) is 13.0 Å². The average molecular weight is 366 g/mol. The lowest BCUT2D eigenvalue weighted by molar-refractivity contribution is 0.256. The van der Waals surface area contributed by atoms with Crippen molar-refractivity contribution in [2.45, 2.75) is 20.0 Å². The third-order valence-corrected chi connectivity index (χ3v) is 3.77. The zero-order valence-corrected chi connectivity index (χ0v) is 15.2. The number of nitriles is 1. The summed E-state index contributed by atoms with van der Waals surface area (Å²) in [6, 6.07) is 11.2. The number of benzene rings is 1.